The van der Waals surface area contributed by atoms with Crippen LogP contribution in [0.25, 0.3) is 0 Å². The molecule has 1 aromatic carbocycles. The number of benzene rings is 1. The van der Waals surface area contributed by atoms with Gasteiger partial charge in [-0.3, -0.25) is 4.79 Å². The molecule has 9 heteroatoms. The minimum Gasteiger partial charge on any atom is -0.357 e. The van der Waals surface area contributed by atoms with Gasteiger partial charge in [0, 0.05) is 42.6 Å². The van der Waals surface area contributed by atoms with Gasteiger partial charge in [-0.15, -0.1) is 0 Å². The molecule has 29 heavy (non-hydrogen) atoms. The predicted octanol–water partition coefficient (Wildman–Crippen LogP) is 3.84. The van der Waals surface area contributed by atoms with Crippen molar-refractivity contribution in [2.75, 3.05) is 24.3 Å². The number of carbonyl (C=O) groups is 1. The van der Waals surface area contributed by atoms with Crippen LogP contribution in [0.15, 0.2) is 18.2 Å². The van der Waals surface area contributed by atoms with E-state index in [-0.39, 0.29) is 11.8 Å². The fourth-order valence-electron chi connectivity index (χ4n) is 3.62. The van der Waals surface area contributed by atoms with Crippen molar-refractivity contribution in [3.63, 3.8) is 0 Å². The van der Waals surface area contributed by atoms with Crippen molar-refractivity contribution in [1.82, 2.24) is 20.3 Å². The summed E-state index contributed by atoms with van der Waals surface area (Å²) in [6, 6.07) is 5.61. The largest absolute Gasteiger partial charge is 0.357 e. The Bertz CT molecular complexity index is 870. The van der Waals surface area contributed by atoms with E-state index in [1.54, 1.807) is 19.2 Å². The fourth-order valence-corrected chi connectivity index (χ4v) is 4.09. The van der Waals surface area contributed by atoms with Crippen molar-refractivity contribution in [2.24, 2.45) is 5.92 Å². The van der Waals surface area contributed by atoms with Crippen molar-refractivity contribution in [3.8, 4) is 0 Å². The molecule has 0 aliphatic heterocycles. The molecular weight excluding hydrogens is 411 g/mol. The van der Waals surface area contributed by atoms with Crippen molar-refractivity contribution < 1.29 is 4.79 Å². The third-order valence-corrected chi connectivity index (χ3v) is 5.94. The molecule has 2 N–H and O–H groups in total. The van der Waals surface area contributed by atoms with E-state index in [2.05, 4.69) is 30.5 Å². The lowest BCUT2D eigenvalue weighted by Crippen LogP contribution is -2.40. The molecule has 156 valence electrons. The number of hydrogen-bond acceptors (Lipinski definition) is 6. The van der Waals surface area contributed by atoms with E-state index in [0.717, 1.165) is 31.2 Å². The van der Waals surface area contributed by atoms with Gasteiger partial charge in [-0.05, 0) is 50.3 Å². The molecule has 1 heterocycles. The van der Waals surface area contributed by atoms with Crippen LogP contribution in [0.1, 0.15) is 37.1 Å². The van der Waals surface area contributed by atoms with Gasteiger partial charge in [-0.1, -0.05) is 29.3 Å². The summed E-state index contributed by atoms with van der Waals surface area (Å²) >= 11 is 12.1. The average molecular weight is 437 g/mol. The minimum atomic E-state index is 0.0127. The van der Waals surface area contributed by atoms with Crippen LogP contribution in [0.2, 0.25) is 10.0 Å². The number of nitrogens with zero attached hydrogens (tertiary/aromatic N) is 4. The standard InChI is InChI=1S/C20H26Cl2N6O/c1-12-25-19(23-2)27-20(26-12)28(3)16-8-5-13(6-9-16)18(29)24-11-14-4-7-15(21)10-17(14)22/h4,7,10,13,16H,5-6,8-9,11H2,1-3H3,(H,24,29)(H,23,25,26,27). The minimum absolute atomic E-state index is 0.0127. The quantitative estimate of drug-likeness (QED) is 0.715. The highest BCUT2D eigenvalue weighted by atomic mass is 35.5. The highest BCUT2D eigenvalue weighted by Crippen LogP contribution is 2.29. The first-order chi connectivity index (χ1) is 13.9. The zero-order valence-electron chi connectivity index (χ0n) is 16.9. The first kappa shape index (κ1) is 21.6. The maximum absolute atomic E-state index is 12.6. The maximum Gasteiger partial charge on any atom is 0.230 e. The summed E-state index contributed by atoms with van der Waals surface area (Å²) in [5, 5.41) is 7.12. The topological polar surface area (TPSA) is 83.0 Å². The Morgan fingerprint density at radius 3 is 2.55 bits per heavy atom. The van der Waals surface area contributed by atoms with E-state index in [4.69, 9.17) is 23.2 Å². The Labute approximate surface area is 181 Å². The molecule has 1 amide bonds. The predicted molar refractivity (Wildman–Crippen MR) is 117 cm³/mol. The first-order valence-electron chi connectivity index (χ1n) is 9.72. The fraction of sp³-hybridized carbons (Fsp3) is 0.500. The van der Waals surface area contributed by atoms with Crippen LogP contribution in [0.3, 0.4) is 0 Å². The molecular formula is C20H26Cl2N6O. The Kier molecular flexibility index (Phi) is 7.14. The summed E-state index contributed by atoms with van der Waals surface area (Å²) in [4.78, 5) is 27.8. The van der Waals surface area contributed by atoms with Crippen molar-refractivity contribution in [2.45, 2.75) is 45.2 Å². The molecule has 0 saturated heterocycles. The Morgan fingerprint density at radius 2 is 1.90 bits per heavy atom. The normalized spacial score (nSPS) is 18.9. The van der Waals surface area contributed by atoms with Gasteiger partial charge in [0.2, 0.25) is 17.8 Å². The lowest BCUT2D eigenvalue weighted by atomic mass is 9.85. The van der Waals surface area contributed by atoms with Gasteiger partial charge in [0.05, 0.1) is 0 Å². The molecule has 7 nitrogen and oxygen atoms in total. The molecule has 1 aliphatic rings. The third kappa shape index (κ3) is 5.48. The zero-order valence-corrected chi connectivity index (χ0v) is 18.4. The molecule has 1 saturated carbocycles. The molecule has 3 rings (SSSR count). The lowest BCUT2D eigenvalue weighted by Gasteiger charge is -2.34. The van der Waals surface area contributed by atoms with E-state index in [0.29, 0.717) is 40.4 Å². The van der Waals surface area contributed by atoms with E-state index in [1.165, 1.54) is 0 Å². The third-order valence-electron chi connectivity index (χ3n) is 5.36. The summed E-state index contributed by atoms with van der Waals surface area (Å²) in [5.41, 5.74) is 0.864. The van der Waals surface area contributed by atoms with Gasteiger partial charge in [-0.25, -0.2) is 0 Å². The lowest BCUT2D eigenvalue weighted by molar-refractivity contribution is -0.126. The highest BCUT2D eigenvalue weighted by Gasteiger charge is 2.29. The second kappa shape index (κ2) is 9.59. The molecule has 1 fully saturated rings. The SMILES string of the molecule is CNc1nc(C)nc(N(C)C2CCC(C(=O)NCc3ccc(Cl)cc3Cl)CC2)n1. The first-order valence-corrected chi connectivity index (χ1v) is 10.5. The van der Waals surface area contributed by atoms with Crippen LogP contribution in [-0.2, 0) is 11.3 Å². The molecule has 0 unspecified atom stereocenters. The maximum atomic E-state index is 12.6. The van der Waals surface area contributed by atoms with Gasteiger partial charge in [0.15, 0.2) is 0 Å². The van der Waals surface area contributed by atoms with Crippen LogP contribution in [0.5, 0.6) is 0 Å². The van der Waals surface area contributed by atoms with Gasteiger partial charge in [0.1, 0.15) is 5.82 Å². The van der Waals surface area contributed by atoms with Gasteiger partial charge < -0.3 is 15.5 Å². The second-order valence-electron chi connectivity index (χ2n) is 7.33. The molecule has 1 aromatic heterocycles. The van der Waals surface area contributed by atoms with E-state index in [1.807, 2.05) is 20.0 Å². The number of carbonyl (C=O) groups excluding carboxylic acids is 1. The average Bonchev–Trinajstić information content (AvgIpc) is 2.72. The highest BCUT2D eigenvalue weighted by molar-refractivity contribution is 6.35. The van der Waals surface area contributed by atoms with Crippen LogP contribution < -0.4 is 15.5 Å². The van der Waals surface area contributed by atoms with Crippen LogP contribution in [0.4, 0.5) is 11.9 Å². The smallest absolute Gasteiger partial charge is 0.230 e. The molecule has 1 aliphatic carbocycles. The number of anilines is 2. The second-order valence-corrected chi connectivity index (χ2v) is 8.17. The number of amides is 1. The summed E-state index contributed by atoms with van der Waals surface area (Å²) in [7, 11) is 3.79. The van der Waals surface area contributed by atoms with Crippen molar-refractivity contribution in [1.29, 1.82) is 0 Å². The number of halogens is 2. The molecule has 0 spiro atoms. The van der Waals surface area contributed by atoms with Crippen LogP contribution in [-0.4, -0.2) is 41.0 Å². The van der Waals surface area contributed by atoms with Crippen molar-refractivity contribution >= 4 is 41.0 Å². The molecule has 0 radical (unpaired) electrons. The number of rotatable bonds is 6. The van der Waals surface area contributed by atoms with Gasteiger partial charge in [-0.2, -0.15) is 15.0 Å². The summed E-state index contributed by atoms with van der Waals surface area (Å²) in [5.74, 6) is 1.99. The monoisotopic (exact) mass is 436 g/mol. The van der Waals surface area contributed by atoms with E-state index >= 15 is 0 Å². The Hall–Kier alpha value is -2.12. The number of nitrogens with one attached hydrogen (secondary N) is 2. The van der Waals surface area contributed by atoms with Crippen molar-refractivity contribution in [3.05, 3.63) is 39.6 Å². The Morgan fingerprint density at radius 1 is 1.17 bits per heavy atom. The summed E-state index contributed by atoms with van der Waals surface area (Å²) in [6.45, 7) is 2.26. The molecule has 2 aromatic rings. The van der Waals surface area contributed by atoms with E-state index in [9.17, 15) is 4.79 Å². The van der Waals surface area contributed by atoms with Crippen LogP contribution in [0, 0.1) is 12.8 Å². The van der Waals surface area contributed by atoms with Gasteiger partial charge >= 0.3 is 0 Å². The molecule has 0 atom stereocenters. The zero-order chi connectivity index (χ0) is 21.0. The summed E-state index contributed by atoms with van der Waals surface area (Å²) in [6.07, 6.45) is 3.49. The number of hydrogen-bond donors (Lipinski definition) is 2. The van der Waals surface area contributed by atoms with Gasteiger partial charge in [0.25, 0.3) is 0 Å². The summed E-state index contributed by atoms with van der Waals surface area (Å²) < 4.78 is 0. The number of aromatic nitrogens is 3. The molecule has 0 bridgehead atoms. The van der Waals surface area contributed by atoms with Crippen LogP contribution >= 0.6 is 23.2 Å². The Balaban J connectivity index is 1.53. The number of aryl methyl sites for hydroxylation is 1. The van der Waals surface area contributed by atoms with E-state index < -0.39 is 0 Å².